The summed E-state index contributed by atoms with van der Waals surface area (Å²) in [5.41, 5.74) is 0.741. The standard InChI is InChI=1S/C12H10N4O3/c17-11(18)5-6-16-12(13-14-15-16)10-7-8-3-1-2-4-9(8)19-10/h1-4,7H,5-6H2,(H,17,18). The molecule has 0 aliphatic rings. The third-order valence-corrected chi connectivity index (χ3v) is 2.72. The van der Waals surface area contributed by atoms with E-state index in [1.807, 2.05) is 30.3 Å². The van der Waals surface area contributed by atoms with E-state index in [2.05, 4.69) is 15.5 Å². The van der Waals surface area contributed by atoms with E-state index in [1.54, 1.807) is 0 Å². The molecule has 1 aromatic carbocycles. The molecule has 7 heteroatoms. The molecular weight excluding hydrogens is 248 g/mol. The summed E-state index contributed by atoms with van der Waals surface area (Å²) in [7, 11) is 0. The fraction of sp³-hybridized carbons (Fsp3) is 0.167. The number of aliphatic carboxylic acids is 1. The van der Waals surface area contributed by atoms with Crippen LogP contribution in [-0.2, 0) is 11.3 Å². The number of fused-ring (bicyclic) bond motifs is 1. The highest BCUT2D eigenvalue weighted by molar-refractivity contribution is 5.81. The van der Waals surface area contributed by atoms with Crippen LogP contribution >= 0.6 is 0 Å². The van der Waals surface area contributed by atoms with Crippen LogP contribution in [0.15, 0.2) is 34.7 Å². The Bertz CT molecular complexity index is 698. The monoisotopic (exact) mass is 258 g/mol. The molecule has 0 unspecified atom stereocenters. The van der Waals surface area contributed by atoms with Crippen molar-refractivity contribution in [2.24, 2.45) is 0 Å². The van der Waals surface area contributed by atoms with Crippen LogP contribution in [0, 0.1) is 0 Å². The number of hydrogen-bond acceptors (Lipinski definition) is 5. The summed E-state index contributed by atoms with van der Waals surface area (Å²) >= 11 is 0. The number of para-hydroxylation sites is 1. The SMILES string of the molecule is O=C(O)CCn1nnnc1-c1cc2ccccc2o1. The molecule has 19 heavy (non-hydrogen) atoms. The lowest BCUT2D eigenvalue weighted by Crippen LogP contribution is -2.07. The zero-order valence-electron chi connectivity index (χ0n) is 9.85. The van der Waals surface area contributed by atoms with Crippen molar-refractivity contribution in [3.05, 3.63) is 30.3 Å². The van der Waals surface area contributed by atoms with Crippen molar-refractivity contribution in [3.63, 3.8) is 0 Å². The number of carboxylic acid groups (broad SMARTS) is 1. The molecule has 96 valence electrons. The molecule has 3 rings (SSSR count). The second kappa shape index (κ2) is 4.52. The molecule has 3 aromatic rings. The Hall–Kier alpha value is -2.70. The Kier molecular flexibility index (Phi) is 2.71. The summed E-state index contributed by atoms with van der Waals surface area (Å²) in [6.45, 7) is 0.203. The lowest BCUT2D eigenvalue weighted by molar-refractivity contribution is -0.137. The van der Waals surface area contributed by atoms with Crippen LogP contribution in [0.1, 0.15) is 6.42 Å². The number of aromatic nitrogens is 4. The zero-order chi connectivity index (χ0) is 13.2. The van der Waals surface area contributed by atoms with Crippen molar-refractivity contribution in [2.45, 2.75) is 13.0 Å². The molecule has 0 amide bonds. The van der Waals surface area contributed by atoms with Crippen molar-refractivity contribution in [1.82, 2.24) is 20.2 Å². The lowest BCUT2D eigenvalue weighted by Gasteiger charge is -1.99. The highest BCUT2D eigenvalue weighted by Crippen LogP contribution is 2.25. The average molecular weight is 258 g/mol. The van der Waals surface area contributed by atoms with Crippen LogP contribution in [0.25, 0.3) is 22.6 Å². The third-order valence-electron chi connectivity index (χ3n) is 2.72. The minimum atomic E-state index is -0.897. The van der Waals surface area contributed by atoms with Crippen molar-refractivity contribution in [2.75, 3.05) is 0 Å². The minimum absolute atomic E-state index is 0.0434. The van der Waals surface area contributed by atoms with Gasteiger partial charge in [-0.3, -0.25) is 4.79 Å². The van der Waals surface area contributed by atoms with Crippen molar-refractivity contribution < 1.29 is 14.3 Å². The first kappa shape index (κ1) is 11.4. The number of hydrogen-bond donors (Lipinski definition) is 1. The molecule has 1 N–H and O–H groups in total. The predicted octanol–water partition coefficient (Wildman–Crippen LogP) is 1.56. The zero-order valence-corrected chi connectivity index (χ0v) is 9.85. The molecular formula is C12H10N4O3. The van der Waals surface area contributed by atoms with Crippen LogP contribution in [0.5, 0.6) is 0 Å². The van der Waals surface area contributed by atoms with Crippen LogP contribution < -0.4 is 0 Å². The van der Waals surface area contributed by atoms with Gasteiger partial charge in [-0.15, -0.1) is 5.10 Å². The molecule has 0 saturated carbocycles. The maximum atomic E-state index is 10.6. The lowest BCUT2D eigenvalue weighted by atomic mass is 10.2. The van der Waals surface area contributed by atoms with Crippen LogP contribution in [0.3, 0.4) is 0 Å². The van der Waals surface area contributed by atoms with Gasteiger partial charge in [-0.05, 0) is 22.6 Å². The Morgan fingerprint density at radius 2 is 2.21 bits per heavy atom. The molecule has 0 aliphatic heterocycles. The largest absolute Gasteiger partial charge is 0.481 e. The number of furan rings is 1. The Morgan fingerprint density at radius 1 is 1.37 bits per heavy atom. The van der Waals surface area contributed by atoms with Crippen LogP contribution in [-0.4, -0.2) is 31.3 Å². The van der Waals surface area contributed by atoms with Gasteiger partial charge in [0.25, 0.3) is 0 Å². The van der Waals surface area contributed by atoms with Gasteiger partial charge in [-0.1, -0.05) is 18.2 Å². The van der Waals surface area contributed by atoms with Gasteiger partial charge in [-0.2, -0.15) is 0 Å². The van der Waals surface area contributed by atoms with Crippen LogP contribution in [0.2, 0.25) is 0 Å². The third kappa shape index (κ3) is 2.17. The summed E-state index contributed by atoms with van der Waals surface area (Å²) < 4.78 is 7.07. The number of carbonyl (C=O) groups is 1. The number of tetrazole rings is 1. The second-order valence-electron chi connectivity index (χ2n) is 4.02. The average Bonchev–Trinajstić information content (AvgIpc) is 3.02. The Balaban J connectivity index is 1.97. The summed E-state index contributed by atoms with van der Waals surface area (Å²) in [6, 6.07) is 9.40. The van der Waals surface area contributed by atoms with Gasteiger partial charge in [-0.25, -0.2) is 4.68 Å². The Morgan fingerprint density at radius 3 is 3.00 bits per heavy atom. The van der Waals surface area contributed by atoms with Gasteiger partial charge in [0.05, 0.1) is 13.0 Å². The molecule has 0 fully saturated rings. The maximum Gasteiger partial charge on any atom is 0.305 e. The van der Waals surface area contributed by atoms with Gasteiger partial charge in [0.15, 0.2) is 5.76 Å². The molecule has 0 bridgehead atoms. The molecule has 7 nitrogen and oxygen atoms in total. The predicted molar refractivity (Wildman–Crippen MR) is 65.3 cm³/mol. The van der Waals surface area contributed by atoms with Gasteiger partial charge < -0.3 is 9.52 Å². The van der Waals surface area contributed by atoms with Gasteiger partial charge in [0, 0.05) is 5.39 Å². The van der Waals surface area contributed by atoms with E-state index in [0.717, 1.165) is 11.0 Å². The smallest absolute Gasteiger partial charge is 0.305 e. The van der Waals surface area contributed by atoms with Gasteiger partial charge in [0.2, 0.25) is 5.82 Å². The summed E-state index contributed by atoms with van der Waals surface area (Å²) in [5, 5.41) is 20.8. The first-order chi connectivity index (χ1) is 9.24. The Labute approximate surface area is 107 Å². The molecule has 0 spiro atoms. The summed E-state index contributed by atoms with van der Waals surface area (Å²) in [5.74, 6) is 0.0556. The highest BCUT2D eigenvalue weighted by atomic mass is 16.4. The van der Waals surface area contributed by atoms with Gasteiger partial charge in [0.1, 0.15) is 5.58 Å². The molecule has 0 radical (unpaired) electrons. The summed E-state index contributed by atoms with van der Waals surface area (Å²) in [4.78, 5) is 10.6. The normalized spacial score (nSPS) is 10.9. The van der Waals surface area contributed by atoms with E-state index in [-0.39, 0.29) is 13.0 Å². The van der Waals surface area contributed by atoms with Crippen molar-refractivity contribution >= 4 is 16.9 Å². The topological polar surface area (TPSA) is 94.0 Å². The number of carboxylic acids is 1. The minimum Gasteiger partial charge on any atom is -0.481 e. The fourth-order valence-corrected chi connectivity index (χ4v) is 1.83. The molecule has 2 aromatic heterocycles. The molecule has 0 saturated heterocycles. The summed E-state index contributed by atoms with van der Waals surface area (Å²) in [6.07, 6.45) is -0.0434. The van der Waals surface area contributed by atoms with E-state index in [4.69, 9.17) is 9.52 Å². The first-order valence-corrected chi connectivity index (χ1v) is 5.71. The number of nitrogens with zero attached hydrogens (tertiary/aromatic N) is 4. The first-order valence-electron chi connectivity index (χ1n) is 5.71. The van der Waals surface area contributed by atoms with E-state index >= 15 is 0 Å². The number of aryl methyl sites for hydroxylation is 1. The molecule has 0 atom stereocenters. The second-order valence-corrected chi connectivity index (χ2v) is 4.02. The van der Waals surface area contributed by atoms with E-state index < -0.39 is 5.97 Å². The maximum absolute atomic E-state index is 10.6. The van der Waals surface area contributed by atoms with E-state index in [1.165, 1.54) is 4.68 Å². The number of rotatable bonds is 4. The van der Waals surface area contributed by atoms with Gasteiger partial charge >= 0.3 is 5.97 Å². The van der Waals surface area contributed by atoms with Crippen molar-refractivity contribution in [1.29, 1.82) is 0 Å². The van der Waals surface area contributed by atoms with E-state index in [9.17, 15) is 4.79 Å². The fourth-order valence-electron chi connectivity index (χ4n) is 1.83. The quantitative estimate of drug-likeness (QED) is 0.763. The molecule has 0 aliphatic carbocycles. The van der Waals surface area contributed by atoms with Crippen molar-refractivity contribution in [3.8, 4) is 11.6 Å². The number of benzene rings is 1. The van der Waals surface area contributed by atoms with E-state index in [0.29, 0.717) is 11.6 Å². The van der Waals surface area contributed by atoms with Crippen LogP contribution in [0.4, 0.5) is 0 Å². The highest BCUT2D eigenvalue weighted by Gasteiger charge is 2.14. The molecule has 2 heterocycles.